The minimum Gasteiger partial charge on any atom is -0.368 e. The largest absolute Gasteiger partial charge is 0.368 e. The van der Waals surface area contributed by atoms with Crippen molar-refractivity contribution in [3.05, 3.63) is 0 Å². The number of carbonyl (C=O) groups is 1. The second-order valence-electron chi connectivity index (χ2n) is 4.27. The van der Waals surface area contributed by atoms with Crippen LogP contribution in [-0.2, 0) is 9.53 Å². The fraction of sp³-hybridized carbons (Fsp3) is 0.900. The van der Waals surface area contributed by atoms with Crippen LogP contribution in [0.3, 0.4) is 0 Å². The number of hydrogen-bond acceptors (Lipinski definition) is 4. The number of carbonyl (C=O) groups excluding carboxylic acids is 1. The van der Waals surface area contributed by atoms with Crippen LogP contribution in [0.1, 0.15) is 12.8 Å². The molecule has 2 heterocycles. The fourth-order valence-electron chi connectivity index (χ4n) is 1.93. The van der Waals surface area contributed by atoms with Gasteiger partial charge >= 0.3 is 0 Å². The van der Waals surface area contributed by atoms with E-state index in [1.54, 1.807) is 0 Å². The molecule has 2 aliphatic heterocycles. The highest BCUT2D eigenvalue weighted by molar-refractivity contribution is 5.80. The van der Waals surface area contributed by atoms with Crippen molar-refractivity contribution in [2.75, 3.05) is 39.8 Å². The predicted molar refractivity (Wildman–Crippen MR) is 56.2 cm³/mol. The monoisotopic (exact) mass is 213 g/mol. The third kappa shape index (κ3) is 2.90. The van der Waals surface area contributed by atoms with E-state index >= 15 is 0 Å². The van der Waals surface area contributed by atoms with Gasteiger partial charge in [-0.3, -0.25) is 10.2 Å². The van der Waals surface area contributed by atoms with E-state index in [1.165, 1.54) is 0 Å². The first-order valence-corrected chi connectivity index (χ1v) is 5.61. The quantitative estimate of drug-likeness (QED) is 0.668. The van der Waals surface area contributed by atoms with Crippen LogP contribution in [0.4, 0.5) is 0 Å². The maximum Gasteiger partial charge on any atom is 0.263 e. The molecule has 2 aliphatic rings. The lowest BCUT2D eigenvalue weighted by Crippen LogP contribution is -2.54. The molecule has 1 amide bonds. The number of amides is 1. The lowest BCUT2D eigenvalue weighted by atomic mass is 10.2. The number of likely N-dealkylation sites (N-methyl/N-ethyl adjacent to an activating group) is 1. The van der Waals surface area contributed by atoms with E-state index < -0.39 is 0 Å². The minimum absolute atomic E-state index is 0.0250. The number of piperazine rings is 1. The molecule has 5 heteroatoms. The van der Waals surface area contributed by atoms with Gasteiger partial charge in [-0.1, -0.05) is 0 Å². The number of nitrogens with zero attached hydrogens (tertiary/aromatic N) is 2. The summed E-state index contributed by atoms with van der Waals surface area (Å²) in [5.41, 5.74) is 2.92. The first-order chi connectivity index (χ1) is 7.25. The van der Waals surface area contributed by atoms with Gasteiger partial charge in [0.15, 0.2) is 0 Å². The molecule has 5 nitrogen and oxygen atoms in total. The molecule has 0 saturated carbocycles. The van der Waals surface area contributed by atoms with Gasteiger partial charge < -0.3 is 9.64 Å². The molecule has 0 spiro atoms. The molecule has 15 heavy (non-hydrogen) atoms. The van der Waals surface area contributed by atoms with Crippen molar-refractivity contribution in [3.63, 3.8) is 0 Å². The second-order valence-corrected chi connectivity index (χ2v) is 4.27. The molecule has 86 valence electrons. The normalized spacial score (nSPS) is 29.3. The zero-order chi connectivity index (χ0) is 10.7. The summed E-state index contributed by atoms with van der Waals surface area (Å²) >= 11 is 0. The van der Waals surface area contributed by atoms with E-state index in [2.05, 4.69) is 17.4 Å². The van der Waals surface area contributed by atoms with Crippen molar-refractivity contribution in [1.82, 2.24) is 15.3 Å². The molecule has 0 aliphatic carbocycles. The Morgan fingerprint density at radius 3 is 2.67 bits per heavy atom. The SMILES string of the molecule is CN1CCN(NC(=O)C2CCCO2)CC1. The Morgan fingerprint density at radius 2 is 2.07 bits per heavy atom. The lowest BCUT2D eigenvalue weighted by Gasteiger charge is -2.32. The van der Waals surface area contributed by atoms with Crippen molar-refractivity contribution in [1.29, 1.82) is 0 Å². The first kappa shape index (κ1) is 10.9. The zero-order valence-electron chi connectivity index (χ0n) is 9.24. The van der Waals surface area contributed by atoms with Gasteiger partial charge in [-0.15, -0.1) is 0 Å². The summed E-state index contributed by atoms with van der Waals surface area (Å²) in [6.45, 7) is 4.53. The number of hydrogen-bond donors (Lipinski definition) is 1. The van der Waals surface area contributed by atoms with Crippen LogP contribution in [-0.4, -0.2) is 61.8 Å². The van der Waals surface area contributed by atoms with Crippen LogP contribution >= 0.6 is 0 Å². The summed E-state index contributed by atoms with van der Waals surface area (Å²) in [7, 11) is 2.10. The first-order valence-electron chi connectivity index (χ1n) is 5.61. The molecule has 2 rings (SSSR count). The number of nitrogens with one attached hydrogen (secondary N) is 1. The summed E-state index contributed by atoms with van der Waals surface area (Å²) in [5, 5.41) is 1.99. The van der Waals surface area contributed by atoms with Gasteiger partial charge in [0, 0.05) is 32.8 Å². The smallest absolute Gasteiger partial charge is 0.263 e. The van der Waals surface area contributed by atoms with Gasteiger partial charge in [0.05, 0.1) is 0 Å². The maximum absolute atomic E-state index is 11.7. The Labute approximate surface area is 90.3 Å². The summed E-state index contributed by atoms with van der Waals surface area (Å²) in [5.74, 6) is 0.0250. The van der Waals surface area contributed by atoms with Crippen molar-refractivity contribution < 1.29 is 9.53 Å². The van der Waals surface area contributed by atoms with Crippen molar-refractivity contribution in [2.45, 2.75) is 18.9 Å². The van der Waals surface area contributed by atoms with Crippen LogP contribution in [0.5, 0.6) is 0 Å². The standard InChI is InChI=1S/C10H19N3O2/c1-12-4-6-13(7-5-12)11-10(14)9-3-2-8-15-9/h9H,2-8H2,1H3,(H,11,14). The molecule has 2 saturated heterocycles. The van der Waals surface area contributed by atoms with Crippen LogP contribution < -0.4 is 5.43 Å². The molecular weight excluding hydrogens is 194 g/mol. The number of ether oxygens (including phenoxy) is 1. The molecule has 1 atom stereocenters. The molecular formula is C10H19N3O2. The molecule has 0 radical (unpaired) electrons. The highest BCUT2D eigenvalue weighted by Gasteiger charge is 2.25. The minimum atomic E-state index is -0.218. The van der Waals surface area contributed by atoms with E-state index in [4.69, 9.17) is 4.74 Å². The average molecular weight is 213 g/mol. The molecule has 0 aromatic rings. The van der Waals surface area contributed by atoms with Gasteiger partial charge in [-0.25, -0.2) is 5.01 Å². The highest BCUT2D eigenvalue weighted by atomic mass is 16.5. The third-order valence-corrected chi connectivity index (χ3v) is 2.99. The summed E-state index contributed by atoms with van der Waals surface area (Å²) in [4.78, 5) is 14.0. The zero-order valence-corrected chi connectivity index (χ0v) is 9.24. The third-order valence-electron chi connectivity index (χ3n) is 2.99. The van der Waals surface area contributed by atoms with Crippen LogP contribution in [0.15, 0.2) is 0 Å². The highest BCUT2D eigenvalue weighted by Crippen LogP contribution is 2.12. The molecule has 2 fully saturated rings. The average Bonchev–Trinajstić information content (AvgIpc) is 2.74. The van der Waals surface area contributed by atoms with Crippen LogP contribution in [0.2, 0.25) is 0 Å². The maximum atomic E-state index is 11.7. The second kappa shape index (κ2) is 4.92. The van der Waals surface area contributed by atoms with Crippen LogP contribution in [0.25, 0.3) is 0 Å². The molecule has 1 unspecified atom stereocenters. The van der Waals surface area contributed by atoms with Crippen molar-refractivity contribution in [3.8, 4) is 0 Å². The number of hydrazine groups is 1. The Balaban J connectivity index is 1.74. The van der Waals surface area contributed by atoms with Crippen LogP contribution in [0, 0.1) is 0 Å². The number of rotatable bonds is 2. The van der Waals surface area contributed by atoms with E-state index in [-0.39, 0.29) is 12.0 Å². The summed E-state index contributed by atoms with van der Waals surface area (Å²) in [6, 6.07) is 0. The summed E-state index contributed by atoms with van der Waals surface area (Å²) in [6.07, 6.45) is 1.64. The van der Waals surface area contributed by atoms with Gasteiger partial charge in [-0.2, -0.15) is 0 Å². The Morgan fingerprint density at radius 1 is 1.33 bits per heavy atom. The van der Waals surface area contributed by atoms with E-state index in [9.17, 15) is 4.79 Å². The van der Waals surface area contributed by atoms with E-state index in [1.807, 2.05) is 5.01 Å². The molecule has 0 aromatic heterocycles. The Kier molecular flexibility index (Phi) is 3.56. The van der Waals surface area contributed by atoms with Gasteiger partial charge in [-0.05, 0) is 19.9 Å². The molecule has 0 aromatic carbocycles. The Hall–Kier alpha value is -0.650. The lowest BCUT2D eigenvalue weighted by molar-refractivity contribution is -0.135. The molecule has 1 N–H and O–H groups in total. The fourth-order valence-corrected chi connectivity index (χ4v) is 1.93. The van der Waals surface area contributed by atoms with Crippen molar-refractivity contribution >= 4 is 5.91 Å². The topological polar surface area (TPSA) is 44.8 Å². The van der Waals surface area contributed by atoms with Gasteiger partial charge in [0.1, 0.15) is 6.10 Å². The summed E-state index contributed by atoms with van der Waals surface area (Å²) < 4.78 is 5.33. The molecule has 0 bridgehead atoms. The van der Waals surface area contributed by atoms with E-state index in [0.717, 1.165) is 45.6 Å². The Bertz CT molecular complexity index is 221. The van der Waals surface area contributed by atoms with E-state index in [0.29, 0.717) is 0 Å². The van der Waals surface area contributed by atoms with Crippen molar-refractivity contribution in [2.24, 2.45) is 0 Å². The van der Waals surface area contributed by atoms with Gasteiger partial charge in [0.2, 0.25) is 0 Å². The predicted octanol–water partition coefficient (Wildman–Crippen LogP) is -0.556. The van der Waals surface area contributed by atoms with Gasteiger partial charge in [0.25, 0.3) is 5.91 Å².